The molecule has 262 valence electrons. The molecule has 0 spiro atoms. The maximum absolute atomic E-state index is 6.10. The van der Waals surface area contributed by atoms with E-state index >= 15 is 0 Å². The zero-order valence-electron chi connectivity index (χ0n) is 29.9. The second-order valence-corrected chi connectivity index (χ2v) is 13.9. The quantitative estimate of drug-likeness (QED) is 0.170. The van der Waals surface area contributed by atoms with Crippen molar-refractivity contribution in [1.82, 2.24) is 19.9 Å². The van der Waals surface area contributed by atoms with Crippen molar-refractivity contribution in [3.05, 3.63) is 182 Å². The van der Waals surface area contributed by atoms with Crippen molar-refractivity contribution in [3.8, 4) is 67.3 Å². The van der Waals surface area contributed by atoms with Crippen LogP contribution in [0.25, 0.3) is 111 Å². The number of benzene rings is 6. The van der Waals surface area contributed by atoms with E-state index in [1.54, 1.807) is 12.4 Å². The molecule has 0 radical (unpaired) electrons. The first-order chi connectivity index (χ1) is 27.7. The lowest BCUT2D eigenvalue weighted by Crippen LogP contribution is -1.96. The summed E-state index contributed by atoms with van der Waals surface area (Å²) in [6.07, 6.45) is 3.52. The highest BCUT2D eigenvalue weighted by molar-refractivity contribution is 6.06. The summed E-state index contributed by atoms with van der Waals surface area (Å²) in [5.41, 5.74) is 14.0. The van der Waals surface area contributed by atoms with E-state index in [-0.39, 0.29) is 0 Å². The van der Waals surface area contributed by atoms with Crippen LogP contribution in [0, 0.1) is 0 Å². The fraction of sp³-hybridized carbons (Fsp3) is 0. The molecule has 0 amide bonds. The predicted octanol–water partition coefficient (Wildman–Crippen LogP) is 13.1. The summed E-state index contributed by atoms with van der Waals surface area (Å²) < 4.78 is 12.2. The fourth-order valence-corrected chi connectivity index (χ4v) is 7.61. The van der Waals surface area contributed by atoms with E-state index in [2.05, 4.69) is 131 Å². The second kappa shape index (κ2) is 13.0. The molecule has 0 unspecified atom stereocenters. The van der Waals surface area contributed by atoms with E-state index in [0.717, 1.165) is 88.6 Å². The van der Waals surface area contributed by atoms with Gasteiger partial charge in [0.15, 0.2) is 5.82 Å². The summed E-state index contributed by atoms with van der Waals surface area (Å²) >= 11 is 0. The lowest BCUT2D eigenvalue weighted by molar-refractivity contribution is 0.653. The highest BCUT2D eigenvalue weighted by atomic mass is 16.3. The Balaban J connectivity index is 1.11. The molecule has 0 fully saturated rings. The van der Waals surface area contributed by atoms with Gasteiger partial charge in [-0.15, -0.1) is 0 Å². The topological polar surface area (TPSA) is 77.8 Å². The minimum Gasteiger partial charge on any atom is -0.438 e. The Labute approximate surface area is 321 Å². The van der Waals surface area contributed by atoms with Gasteiger partial charge in [0.1, 0.15) is 11.2 Å². The Hall–Kier alpha value is -7.70. The summed E-state index contributed by atoms with van der Waals surface area (Å²) in [7, 11) is 0. The number of pyridine rings is 2. The lowest BCUT2D eigenvalue weighted by atomic mass is 9.93. The number of fused-ring (bicyclic) bond motifs is 6. The Morgan fingerprint density at radius 1 is 0.304 bits per heavy atom. The first-order valence-electron chi connectivity index (χ1n) is 18.5. The molecule has 11 rings (SSSR count). The van der Waals surface area contributed by atoms with Crippen LogP contribution in [0.5, 0.6) is 0 Å². The van der Waals surface area contributed by atoms with Crippen molar-refractivity contribution in [1.29, 1.82) is 0 Å². The molecule has 0 aliphatic rings. The van der Waals surface area contributed by atoms with Crippen molar-refractivity contribution in [2.45, 2.75) is 0 Å². The van der Waals surface area contributed by atoms with Crippen molar-refractivity contribution >= 4 is 44.1 Å². The molecule has 0 saturated heterocycles. The number of furan rings is 2. The third-order valence-corrected chi connectivity index (χ3v) is 10.4. The standard InChI is InChI=1S/C50H30N4O2/c1-3-9-31(10-4-1)32-15-17-33(18-16-32)44-30-45(54-48(53-44)34-11-5-2-6-12-34)39-26-37(35-19-21-46-42(28-35)40-13-7-23-51-49(40)55-46)25-38(27-39)36-20-22-47-43(29-36)41-14-8-24-52-50(41)56-47/h1-30H. The van der Waals surface area contributed by atoms with E-state index in [1.807, 2.05) is 48.5 Å². The molecule has 6 nitrogen and oxygen atoms in total. The molecule has 0 atom stereocenters. The monoisotopic (exact) mass is 718 g/mol. The fourth-order valence-electron chi connectivity index (χ4n) is 7.61. The molecule has 0 aliphatic heterocycles. The minimum atomic E-state index is 0.628. The van der Waals surface area contributed by atoms with Crippen molar-refractivity contribution in [2.24, 2.45) is 0 Å². The predicted molar refractivity (Wildman–Crippen MR) is 225 cm³/mol. The Bertz CT molecular complexity index is 3110. The molecule has 5 aromatic heterocycles. The maximum atomic E-state index is 6.10. The average molecular weight is 719 g/mol. The summed E-state index contributed by atoms with van der Waals surface area (Å²) in [6, 6.07) is 58.7. The number of aromatic nitrogens is 4. The largest absolute Gasteiger partial charge is 0.438 e. The highest BCUT2D eigenvalue weighted by Crippen LogP contribution is 2.39. The van der Waals surface area contributed by atoms with E-state index in [0.29, 0.717) is 17.3 Å². The second-order valence-electron chi connectivity index (χ2n) is 13.9. The third kappa shape index (κ3) is 5.60. The Morgan fingerprint density at radius 3 is 1.34 bits per heavy atom. The van der Waals surface area contributed by atoms with Gasteiger partial charge in [0.25, 0.3) is 0 Å². The lowest BCUT2D eigenvalue weighted by Gasteiger charge is -2.14. The molecule has 0 N–H and O–H groups in total. The molecule has 5 heterocycles. The van der Waals surface area contributed by atoms with E-state index < -0.39 is 0 Å². The maximum Gasteiger partial charge on any atom is 0.227 e. The van der Waals surface area contributed by atoms with Crippen molar-refractivity contribution in [3.63, 3.8) is 0 Å². The summed E-state index contributed by atoms with van der Waals surface area (Å²) in [4.78, 5) is 19.3. The molecule has 6 aromatic carbocycles. The highest BCUT2D eigenvalue weighted by Gasteiger charge is 2.16. The van der Waals surface area contributed by atoms with Gasteiger partial charge in [0, 0.05) is 50.6 Å². The van der Waals surface area contributed by atoms with Gasteiger partial charge in [0.2, 0.25) is 11.4 Å². The minimum absolute atomic E-state index is 0.628. The van der Waals surface area contributed by atoms with Gasteiger partial charge < -0.3 is 8.83 Å². The van der Waals surface area contributed by atoms with E-state index in [4.69, 9.17) is 18.8 Å². The zero-order chi connectivity index (χ0) is 37.0. The van der Waals surface area contributed by atoms with Crippen molar-refractivity contribution in [2.75, 3.05) is 0 Å². The van der Waals surface area contributed by atoms with Gasteiger partial charge in [0.05, 0.1) is 11.4 Å². The van der Waals surface area contributed by atoms with Crippen LogP contribution in [0.1, 0.15) is 0 Å². The summed E-state index contributed by atoms with van der Waals surface area (Å²) in [5.74, 6) is 0.662. The Morgan fingerprint density at radius 2 is 0.768 bits per heavy atom. The van der Waals surface area contributed by atoms with Crippen LogP contribution >= 0.6 is 0 Å². The number of nitrogens with zero attached hydrogens (tertiary/aromatic N) is 4. The number of rotatable bonds is 6. The Kier molecular flexibility index (Phi) is 7.38. The van der Waals surface area contributed by atoms with Crippen LogP contribution < -0.4 is 0 Å². The SMILES string of the molecule is c1ccc(-c2ccc(-c3cc(-c4cc(-c5ccc6oc7ncccc7c6c5)cc(-c5ccc6oc7ncccc7c6c5)c4)nc(-c4ccccc4)n3)cc2)cc1. The number of hydrogen-bond donors (Lipinski definition) is 0. The molecule has 6 heteroatoms. The van der Waals surface area contributed by atoms with E-state index in [9.17, 15) is 0 Å². The van der Waals surface area contributed by atoms with E-state index in [1.165, 1.54) is 5.56 Å². The summed E-state index contributed by atoms with van der Waals surface area (Å²) in [5, 5.41) is 4.01. The van der Waals surface area contributed by atoms with Crippen LogP contribution in [-0.2, 0) is 0 Å². The van der Waals surface area contributed by atoms with Crippen LogP contribution in [-0.4, -0.2) is 19.9 Å². The van der Waals surface area contributed by atoms with Gasteiger partial charge in [-0.3, -0.25) is 0 Å². The molecule has 0 aliphatic carbocycles. The van der Waals surface area contributed by atoms with Gasteiger partial charge in [-0.1, -0.05) is 97.1 Å². The van der Waals surface area contributed by atoms with Gasteiger partial charge in [-0.2, -0.15) is 0 Å². The van der Waals surface area contributed by atoms with Crippen LogP contribution in [0.4, 0.5) is 0 Å². The van der Waals surface area contributed by atoms with Crippen LogP contribution in [0.3, 0.4) is 0 Å². The van der Waals surface area contributed by atoms with Gasteiger partial charge >= 0.3 is 0 Å². The first-order valence-corrected chi connectivity index (χ1v) is 18.5. The molecule has 11 aromatic rings. The molecular formula is C50H30N4O2. The molecule has 0 bridgehead atoms. The average Bonchev–Trinajstić information content (AvgIpc) is 3.84. The molecular weight excluding hydrogens is 689 g/mol. The normalized spacial score (nSPS) is 11.6. The smallest absolute Gasteiger partial charge is 0.227 e. The third-order valence-electron chi connectivity index (χ3n) is 10.4. The molecule has 56 heavy (non-hydrogen) atoms. The van der Waals surface area contributed by atoms with Gasteiger partial charge in [-0.05, 0) is 106 Å². The van der Waals surface area contributed by atoms with Crippen LogP contribution in [0.2, 0.25) is 0 Å². The first kappa shape index (κ1) is 31.8. The summed E-state index contributed by atoms with van der Waals surface area (Å²) in [6.45, 7) is 0. The zero-order valence-corrected chi connectivity index (χ0v) is 29.9. The molecule has 0 saturated carbocycles. The number of hydrogen-bond acceptors (Lipinski definition) is 6. The van der Waals surface area contributed by atoms with Gasteiger partial charge in [-0.25, -0.2) is 19.9 Å². The van der Waals surface area contributed by atoms with Crippen LogP contribution in [0.15, 0.2) is 191 Å². The van der Waals surface area contributed by atoms with Crippen molar-refractivity contribution < 1.29 is 8.83 Å².